The Morgan fingerprint density at radius 2 is 2.32 bits per heavy atom. The van der Waals surface area contributed by atoms with Crippen molar-refractivity contribution >= 4 is 43.6 Å². The van der Waals surface area contributed by atoms with Crippen molar-refractivity contribution in [3.63, 3.8) is 0 Å². The fraction of sp³-hybridized carbons (Fsp3) is 0.700. The molecule has 0 aromatic carbocycles. The fourth-order valence-corrected chi connectivity index (χ4v) is 4.65. The zero-order valence-corrected chi connectivity index (χ0v) is 13.0. The number of nitrogens with zero attached hydrogens (tertiary/aromatic N) is 2. The van der Waals surface area contributed by atoms with Crippen LogP contribution in [0.4, 0.5) is 5.13 Å². The van der Waals surface area contributed by atoms with Gasteiger partial charge in [0.25, 0.3) is 0 Å². The Morgan fingerprint density at radius 3 is 2.89 bits per heavy atom. The molecule has 0 radical (unpaired) electrons. The number of sulfone groups is 1. The molecule has 1 aromatic rings. The number of nitrogens with one attached hydrogen (secondary N) is 2. The summed E-state index contributed by atoms with van der Waals surface area (Å²) < 4.78 is 22.6. The van der Waals surface area contributed by atoms with Crippen LogP contribution in [0.3, 0.4) is 0 Å². The normalized spacial score (nSPS) is 21.2. The van der Waals surface area contributed by atoms with Gasteiger partial charge in [0.05, 0.1) is 11.5 Å². The summed E-state index contributed by atoms with van der Waals surface area (Å²) in [6, 6.07) is 0. The summed E-state index contributed by atoms with van der Waals surface area (Å²) >= 11 is 6.60. The first-order valence-corrected chi connectivity index (χ1v) is 9.11. The van der Waals surface area contributed by atoms with Gasteiger partial charge in [-0.1, -0.05) is 18.3 Å². The van der Waals surface area contributed by atoms with E-state index in [4.69, 9.17) is 12.2 Å². The quantitative estimate of drug-likeness (QED) is 0.795. The lowest BCUT2D eigenvalue weighted by molar-refractivity contribution is 0.574. The van der Waals surface area contributed by atoms with E-state index in [0.717, 1.165) is 11.4 Å². The molecule has 6 nitrogen and oxygen atoms in total. The van der Waals surface area contributed by atoms with Gasteiger partial charge in [-0.2, -0.15) is 0 Å². The summed E-state index contributed by atoms with van der Waals surface area (Å²) in [4.78, 5) is 0. The largest absolute Gasteiger partial charge is 0.362 e. The zero-order valence-electron chi connectivity index (χ0n) is 10.5. The van der Waals surface area contributed by atoms with Gasteiger partial charge >= 0.3 is 0 Å². The van der Waals surface area contributed by atoms with E-state index in [1.165, 1.54) is 11.3 Å². The Hall–Kier alpha value is -0.800. The fourth-order valence-electron chi connectivity index (χ4n) is 1.86. The molecule has 1 aliphatic heterocycles. The minimum absolute atomic E-state index is 0.144. The molecule has 1 saturated heterocycles. The van der Waals surface area contributed by atoms with Gasteiger partial charge in [-0.05, 0) is 31.0 Å². The lowest BCUT2D eigenvalue weighted by atomic mass is 10.1. The molecule has 106 valence electrons. The van der Waals surface area contributed by atoms with E-state index >= 15 is 0 Å². The number of aromatic nitrogens is 2. The third kappa shape index (κ3) is 4.36. The monoisotopic (exact) mass is 320 g/mol. The van der Waals surface area contributed by atoms with E-state index in [2.05, 4.69) is 20.8 Å². The van der Waals surface area contributed by atoms with Gasteiger partial charge in [0.15, 0.2) is 14.9 Å². The van der Waals surface area contributed by atoms with Crippen molar-refractivity contribution in [1.82, 2.24) is 15.5 Å². The summed E-state index contributed by atoms with van der Waals surface area (Å²) in [5, 5.41) is 16.0. The molecule has 0 spiro atoms. The van der Waals surface area contributed by atoms with Crippen LogP contribution in [0.2, 0.25) is 0 Å². The SMILES string of the molecule is CCc1nnc(NC(=S)NC[C@H]2CCS(=O)(=O)C2)s1. The Kier molecular flexibility index (Phi) is 4.69. The Morgan fingerprint density at radius 1 is 1.53 bits per heavy atom. The lowest BCUT2D eigenvalue weighted by Gasteiger charge is -2.11. The molecular formula is C10H16N4O2S3. The van der Waals surface area contributed by atoms with E-state index in [1.54, 1.807) is 0 Å². The van der Waals surface area contributed by atoms with Gasteiger partial charge in [0.2, 0.25) is 5.13 Å². The molecule has 2 heterocycles. The highest BCUT2D eigenvalue weighted by Gasteiger charge is 2.27. The maximum atomic E-state index is 11.3. The number of thiocarbonyl (C=S) groups is 1. The summed E-state index contributed by atoms with van der Waals surface area (Å²) in [5.74, 6) is 0.683. The molecule has 19 heavy (non-hydrogen) atoms. The second-order valence-corrected chi connectivity index (χ2v) is 8.16. The molecule has 9 heteroatoms. The first-order valence-electron chi connectivity index (χ1n) is 6.06. The molecule has 0 amide bonds. The molecule has 1 aromatic heterocycles. The van der Waals surface area contributed by atoms with Crippen LogP contribution in [0.1, 0.15) is 18.4 Å². The van der Waals surface area contributed by atoms with E-state index in [-0.39, 0.29) is 17.4 Å². The van der Waals surface area contributed by atoms with Crippen LogP contribution >= 0.6 is 23.6 Å². The van der Waals surface area contributed by atoms with Crippen molar-refractivity contribution in [2.24, 2.45) is 5.92 Å². The smallest absolute Gasteiger partial charge is 0.211 e. The topological polar surface area (TPSA) is 84.0 Å². The summed E-state index contributed by atoms with van der Waals surface area (Å²) in [5.41, 5.74) is 0. The maximum Gasteiger partial charge on any atom is 0.211 e. The van der Waals surface area contributed by atoms with E-state index < -0.39 is 9.84 Å². The Balaban J connectivity index is 1.76. The van der Waals surface area contributed by atoms with Gasteiger partial charge in [-0.3, -0.25) is 0 Å². The van der Waals surface area contributed by atoms with Gasteiger partial charge in [0.1, 0.15) is 5.01 Å². The minimum atomic E-state index is -2.83. The van der Waals surface area contributed by atoms with Crippen molar-refractivity contribution in [1.29, 1.82) is 0 Å². The minimum Gasteiger partial charge on any atom is -0.362 e. The standard InChI is InChI=1S/C10H16N4O2S3/c1-2-8-13-14-10(18-8)12-9(17)11-5-7-3-4-19(15,16)6-7/h7H,2-6H2,1H3,(H2,11,12,14,17)/t7-/m1/s1. The van der Waals surface area contributed by atoms with Gasteiger partial charge < -0.3 is 10.6 Å². The van der Waals surface area contributed by atoms with Crippen LogP contribution in [0.25, 0.3) is 0 Å². The first kappa shape index (κ1) is 14.6. The summed E-state index contributed by atoms with van der Waals surface area (Å²) in [7, 11) is -2.83. The Labute approximate surface area is 121 Å². The molecular weight excluding hydrogens is 304 g/mol. The molecule has 1 fully saturated rings. The zero-order chi connectivity index (χ0) is 13.9. The molecule has 1 aliphatic rings. The van der Waals surface area contributed by atoms with E-state index in [0.29, 0.717) is 23.2 Å². The maximum absolute atomic E-state index is 11.3. The molecule has 0 aliphatic carbocycles. The van der Waals surface area contributed by atoms with Gasteiger partial charge in [0, 0.05) is 6.54 Å². The number of hydrogen-bond acceptors (Lipinski definition) is 6. The molecule has 0 bridgehead atoms. The average molecular weight is 320 g/mol. The number of hydrogen-bond donors (Lipinski definition) is 2. The predicted octanol–water partition coefficient (Wildman–Crippen LogP) is 0.822. The second-order valence-electron chi connectivity index (χ2n) is 4.46. The van der Waals surface area contributed by atoms with Crippen LogP contribution in [-0.4, -0.2) is 41.8 Å². The second kappa shape index (κ2) is 6.10. The number of rotatable bonds is 4. The highest BCUT2D eigenvalue weighted by molar-refractivity contribution is 7.91. The van der Waals surface area contributed by atoms with Crippen molar-refractivity contribution < 1.29 is 8.42 Å². The van der Waals surface area contributed by atoms with Gasteiger partial charge in [-0.15, -0.1) is 10.2 Å². The highest BCUT2D eigenvalue weighted by Crippen LogP contribution is 2.18. The van der Waals surface area contributed by atoms with Crippen LogP contribution in [0.15, 0.2) is 0 Å². The van der Waals surface area contributed by atoms with Crippen LogP contribution in [-0.2, 0) is 16.3 Å². The van der Waals surface area contributed by atoms with Crippen molar-refractivity contribution in [2.45, 2.75) is 19.8 Å². The third-order valence-electron chi connectivity index (χ3n) is 2.87. The van der Waals surface area contributed by atoms with Crippen LogP contribution < -0.4 is 10.6 Å². The molecule has 2 rings (SSSR count). The van der Waals surface area contributed by atoms with Crippen molar-refractivity contribution in [2.75, 3.05) is 23.4 Å². The first-order chi connectivity index (χ1) is 8.98. The van der Waals surface area contributed by atoms with Crippen molar-refractivity contribution in [3.05, 3.63) is 5.01 Å². The van der Waals surface area contributed by atoms with Crippen molar-refractivity contribution in [3.8, 4) is 0 Å². The average Bonchev–Trinajstić information content (AvgIpc) is 2.93. The Bertz CT molecular complexity index is 555. The molecule has 1 atom stereocenters. The number of anilines is 1. The number of aryl methyl sites for hydroxylation is 1. The molecule has 2 N–H and O–H groups in total. The molecule has 0 saturated carbocycles. The van der Waals surface area contributed by atoms with Gasteiger partial charge in [-0.25, -0.2) is 8.42 Å². The lowest BCUT2D eigenvalue weighted by Crippen LogP contribution is -2.33. The predicted molar refractivity (Wildman–Crippen MR) is 80.3 cm³/mol. The molecule has 0 unspecified atom stereocenters. The highest BCUT2D eigenvalue weighted by atomic mass is 32.2. The summed E-state index contributed by atoms with van der Waals surface area (Å²) in [6.07, 6.45) is 1.55. The van der Waals surface area contributed by atoms with E-state index in [1.807, 2.05) is 6.92 Å². The van der Waals surface area contributed by atoms with E-state index in [9.17, 15) is 8.42 Å². The van der Waals surface area contributed by atoms with Crippen LogP contribution in [0, 0.1) is 5.92 Å². The summed E-state index contributed by atoms with van der Waals surface area (Å²) in [6.45, 7) is 2.59. The van der Waals surface area contributed by atoms with Crippen LogP contribution in [0.5, 0.6) is 0 Å². The third-order valence-corrected chi connectivity index (χ3v) is 5.93.